The normalized spacial score (nSPS) is 18.1. The molecule has 20 heavy (non-hydrogen) atoms. The van der Waals surface area contributed by atoms with Crippen molar-refractivity contribution in [2.75, 3.05) is 26.2 Å². The molecule has 3 rings (SSSR count). The Labute approximate surface area is 119 Å². The highest BCUT2D eigenvalue weighted by molar-refractivity contribution is 5.52. The van der Waals surface area contributed by atoms with Crippen molar-refractivity contribution in [3.63, 3.8) is 0 Å². The van der Waals surface area contributed by atoms with Crippen LogP contribution in [0.5, 0.6) is 0 Å². The number of piperazine rings is 1. The first-order valence-electron chi connectivity index (χ1n) is 7.22. The third kappa shape index (κ3) is 2.73. The first-order valence-corrected chi connectivity index (χ1v) is 7.22. The lowest BCUT2D eigenvalue weighted by Gasteiger charge is -2.32. The van der Waals surface area contributed by atoms with E-state index in [1.165, 1.54) is 0 Å². The van der Waals surface area contributed by atoms with Crippen LogP contribution in [0.2, 0.25) is 0 Å². The molecule has 1 N–H and O–H groups in total. The predicted octanol–water partition coefficient (Wildman–Crippen LogP) is 2.09. The third-order valence-electron chi connectivity index (χ3n) is 3.74. The number of rotatable bonds is 4. The van der Waals surface area contributed by atoms with Gasteiger partial charge in [0.15, 0.2) is 5.82 Å². The van der Waals surface area contributed by atoms with E-state index in [0.717, 1.165) is 44.0 Å². The molecule has 1 aliphatic heterocycles. The van der Waals surface area contributed by atoms with Gasteiger partial charge in [-0.15, -0.1) is 0 Å². The highest BCUT2D eigenvalue weighted by Crippen LogP contribution is 2.25. The molecule has 106 valence electrons. The number of benzene rings is 1. The molecule has 1 aromatic carbocycles. The van der Waals surface area contributed by atoms with Gasteiger partial charge in [0.05, 0.1) is 6.04 Å². The van der Waals surface area contributed by atoms with Crippen molar-refractivity contribution < 1.29 is 4.52 Å². The molecule has 0 aliphatic carbocycles. The van der Waals surface area contributed by atoms with Gasteiger partial charge in [-0.05, 0) is 18.6 Å². The molecular formula is C15H20N4O. The topological polar surface area (TPSA) is 54.2 Å². The number of nitrogens with one attached hydrogen (secondary N) is 1. The first kappa shape index (κ1) is 13.3. The van der Waals surface area contributed by atoms with Crippen LogP contribution in [0.25, 0.3) is 11.5 Å². The fourth-order valence-electron chi connectivity index (χ4n) is 2.67. The monoisotopic (exact) mass is 272 g/mol. The third-order valence-corrected chi connectivity index (χ3v) is 3.74. The molecule has 2 aromatic rings. The Morgan fingerprint density at radius 2 is 2.00 bits per heavy atom. The molecule has 1 aromatic heterocycles. The van der Waals surface area contributed by atoms with E-state index in [-0.39, 0.29) is 6.04 Å². The second-order valence-corrected chi connectivity index (χ2v) is 5.03. The fourth-order valence-corrected chi connectivity index (χ4v) is 2.67. The Morgan fingerprint density at radius 3 is 2.70 bits per heavy atom. The van der Waals surface area contributed by atoms with Gasteiger partial charge in [0, 0.05) is 31.7 Å². The van der Waals surface area contributed by atoms with Crippen LogP contribution in [-0.4, -0.2) is 41.2 Å². The van der Waals surface area contributed by atoms with Gasteiger partial charge < -0.3 is 9.84 Å². The number of nitrogens with zero attached hydrogens (tertiary/aromatic N) is 3. The van der Waals surface area contributed by atoms with Crippen LogP contribution in [0.4, 0.5) is 0 Å². The van der Waals surface area contributed by atoms with Crippen molar-refractivity contribution in [3.05, 3.63) is 36.2 Å². The van der Waals surface area contributed by atoms with Gasteiger partial charge in [0.25, 0.3) is 5.89 Å². The molecule has 2 heterocycles. The zero-order valence-corrected chi connectivity index (χ0v) is 11.7. The van der Waals surface area contributed by atoms with Gasteiger partial charge in [-0.2, -0.15) is 4.98 Å². The minimum absolute atomic E-state index is 0.248. The zero-order valence-electron chi connectivity index (χ0n) is 11.7. The van der Waals surface area contributed by atoms with Crippen LogP contribution >= 0.6 is 0 Å². The average Bonchev–Trinajstić information content (AvgIpc) is 3.00. The quantitative estimate of drug-likeness (QED) is 0.923. The molecular weight excluding hydrogens is 252 g/mol. The summed E-state index contributed by atoms with van der Waals surface area (Å²) in [7, 11) is 0. The second-order valence-electron chi connectivity index (χ2n) is 5.03. The summed E-state index contributed by atoms with van der Waals surface area (Å²) in [6.45, 7) is 6.30. The van der Waals surface area contributed by atoms with E-state index >= 15 is 0 Å². The molecule has 0 spiro atoms. The summed E-state index contributed by atoms with van der Waals surface area (Å²) in [5.74, 6) is 1.41. The van der Waals surface area contributed by atoms with Crippen molar-refractivity contribution in [1.29, 1.82) is 0 Å². The van der Waals surface area contributed by atoms with Gasteiger partial charge in [-0.1, -0.05) is 30.3 Å². The van der Waals surface area contributed by atoms with Crippen LogP contribution in [0, 0.1) is 0 Å². The predicted molar refractivity (Wildman–Crippen MR) is 77.2 cm³/mol. The fraction of sp³-hybridized carbons (Fsp3) is 0.467. The van der Waals surface area contributed by atoms with E-state index in [2.05, 4.69) is 27.3 Å². The smallest absolute Gasteiger partial charge is 0.257 e. The summed E-state index contributed by atoms with van der Waals surface area (Å²) in [6, 6.07) is 10.2. The SMILES string of the molecule is CCC(c1noc(-c2ccccc2)n1)N1CCNCC1. The summed E-state index contributed by atoms with van der Waals surface area (Å²) >= 11 is 0. The molecule has 1 unspecified atom stereocenters. The minimum atomic E-state index is 0.248. The van der Waals surface area contributed by atoms with Crippen molar-refractivity contribution in [3.8, 4) is 11.5 Å². The molecule has 1 aliphatic rings. The second kappa shape index (κ2) is 6.15. The highest BCUT2D eigenvalue weighted by Gasteiger charge is 2.25. The lowest BCUT2D eigenvalue weighted by molar-refractivity contribution is 0.160. The molecule has 5 heteroatoms. The van der Waals surface area contributed by atoms with Crippen molar-refractivity contribution in [2.45, 2.75) is 19.4 Å². The van der Waals surface area contributed by atoms with Gasteiger partial charge in [0.2, 0.25) is 0 Å². The van der Waals surface area contributed by atoms with Gasteiger partial charge in [0.1, 0.15) is 0 Å². The number of aromatic nitrogens is 2. The molecule has 1 saturated heterocycles. The van der Waals surface area contributed by atoms with Crippen molar-refractivity contribution >= 4 is 0 Å². The van der Waals surface area contributed by atoms with Crippen LogP contribution < -0.4 is 5.32 Å². The Morgan fingerprint density at radius 1 is 1.25 bits per heavy atom. The first-order chi connectivity index (χ1) is 9.88. The lowest BCUT2D eigenvalue weighted by atomic mass is 10.1. The Bertz CT molecular complexity index is 534. The van der Waals surface area contributed by atoms with Crippen LogP contribution in [0.3, 0.4) is 0 Å². The molecule has 1 atom stereocenters. The van der Waals surface area contributed by atoms with Gasteiger partial charge >= 0.3 is 0 Å². The maximum absolute atomic E-state index is 5.42. The molecule has 0 saturated carbocycles. The Kier molecular flexibility index (Phi) is 4.08. The van der Waals surface area contributed by atoms with E-state index in [9.17, 15) is 0 Å². The maximum atomic E-state index is 5.42. The Balaban J connectivity index is 1.80. The summed E-state index contributed by atoms with van der Waals surface area (Å²) < 4.78 is 5.42. The standard InChI is InChI=1S/C15H20N4O/c1-2-13(19-10-8-16-9-11-19)14-17-15(20-18-14)12-6-4-3-5-7-12/h3-7,13,16H,2,8-11H2,1H3. The highest BCUT2D eigenvalue weighted by atomic mass is 16.5. The largest absolute Gasteiger partial charge is 0.334 e. The van der Waals surface area contributed by atoms with E-state index < -0.39 is 0 Å². The van der Waals surface area contributed by atoms with Crippen molar-refractivity contribution in [1.82, 2.24) is 20.4 Å². The summed E-state index contributed by atoms with van der Waals surface area (Å²) in [5, 5.41) is 7.56. The summed E-state index contributed by atoms with van der Waals surface area (Å²) in [6.07, 6.45) is 0.994. The van der Waals surface area contributed by atoms with E-state index in [1.807, 2.05) is 30.3 Å². The molecule has 1 fully saturated rings. The van der Waals surface area contributed by atoms with E-state index in [4.69, 9.17) is 4.52 Å². The van der Waals surface area contributed by atoms with E-state index in [1.54, 1.807) is 0 Å². The molecule has 0 bridgehead atoms. The van der Waals surface area contributed by atoms with Gasteiger partial charge in [-0.3, -0.25) is 4.90 Å². The summed E-state index contributed by atoms with van der Waals surface area (Å²) in [5.41, 5.74) is 0.974. The molecule has 0 amide bonds. The van der Waals surface area contributed by atoms with Crippen LogP contribution in [0.15, 0.2) is 34.9 Å². The van der Waals surface area contributed by atoms with Crippen LogP contribution in [0.1, 0.15) is 25.2 Å². The number of hydrogen-bond acceptors (Lipinski definition) is 5. The van der Waals surface area contributed by atoms with E-state index in [0.29, 0.717) is 5.89 Å². The summed E-state index contributed by atoms with van der Waals surface area (Å²) in [4.78, 5) is 7.01. The maximum Gasteiger partial charge on any atom is 0.257 e. The van der Waals surface area contributed by atoms with Crippen LogP contribution in [-0.2, 0) is 0 Å². The zero-order chi connectivity index (χ0) is 13.8. The minimum Gasteiger partial charge on any atom is -0.334 e. The van der Waals surface area contributed by atoms with Crippen molar-refractivity contribution in [2.24, 2.45) is 0 Å². The Hall–Kier alpha value is -1.72. The lowest BCUT2D eigenvalue weighted by Crippen LogP contribution is -2.45. The molecule has 0 radical (unpaired) electrons. The van der Waals surface area contributed by atoms with Gasteiger partial charge in [-0.25, -0.2) is 0 Å². The molecule has 5 nitrogen and oxygen atoms in total. The average molecular weight is 272 g/mol. The number of hydrogen-bond donors (Lipinski definition) is 1.